The molecule has 20 heavy (non-hydrogen) atoms. The molecule has 1 aromatic rings. The molecule has 1 rings (SSSR count). The normalized spacial score (nSPS) is 11.4. The third-order valence-corrected chi connectivity index (χ3v) is 4.00. The molecule has 0 radical (unpaired) electrons. The van der Waals surface area contributed by atoms with Gasteiger partial charge in [0.15, 0.2) is 0 Å². The molecule has 0 fully saturated rings. The van der Waals surface area contributed by atoms with Crippen molar-refractivity contribution in [1.82, 2.24) is 5.32 Å². The molecule has 0 aromatic carbocycles. The number of carboxylic acid groups (broad SMARTS) is 1. The Kier molecular flexibility index (Phi) is 5.36. The number of carboxylic acids is 1. The van der Waals surface area contributed by atoms with Gasteiger partial charge in [0, 0.05) is 11.1 Å². The van der Waals surface area contributed by atoms with Crippen LogP contribution in [0.25, 0.3) is 0 Å². The van der Waals surface area contributed by atoms with Crippen molar-refractivity contribution < 1.29 is 19.1 Å². The van der Waals surface area contributed by atoms with Crippen LogP contribution in [0.5, 0.6) is 0 Å². The van der Waals surface area contributed by atoms with E-state index in [9.17, 15) is 9.59 Å². The Labute approximate surface area is 119 Å². The Morgan fingerprint density at radius 1 is 1.25 bits per heavy atom. The number of rotatable bonds is 7. The van der Waals surface area contributed by atoms with E-state index in [1.807, 2.05) is 20.8 Å². The van der Waals surface area contributed by atoms with Gasteiger partial charge in [-0.3, -0.25) is 9.59 Å². The lowest BCUT2D eigenvalue weighted by Gasteiger charge is -2.31. The molecule has 0 aliphatic carbocycles. The van der Waals surface area contributed by atoms with Crippen LogP contribution in [0.3, 0.4) is 0 Å². The van der Waals surface area contributed by atoms with Crippen molar-refractivity contribution >= 4 is 11.9 Å². The van der Waals surface area contributed by atoms with Crippen LogP contribution in [0.4, 0.5) is 0 Å². The summed E-state index contributed by atoms with van der Waals surface area (Å²) in [4.78, 5) is 23.3. The van der Waals surface area contributed by atoms with Crippen molar-refractivity contribution in [3.05, 3.63) is 23.2 Å². The van der Waals surface area contributed by atoms with Gasteiger partial charge >= 0.3 is 5.97 Å². The summed E-state index contributed by atoms with van der Waals surface area (Å²) in [5.74, 6) is -1.05. The molecule has 0 saturated heterocycles. The van der Waals surface area contributed by atoms with Gasteiger partial charge in [-0.1, -0.05) is 20.8 Å². The fraction of sp³-hybridized carbons (Fsp3) is 0.600. The third kappa shape index (κ3) is 3.40. The smallest absolute Gasteiger partial charge is 0.311 e. The molecule has 0 atom stereocenters. The molecule has 5 nitrogen and oxygen atoms in total. The monoisotopic (exact) mass is 281 g/mol. The molecule has 0 bridgehead atoms. The number of furan rings is 1. The van der Waals surface area contributed by atoms with Crippen LogP contribution < -0.4 is 5.32 Å². The minimum atomic E-state index is -1.01. The number of aryl methyl sites for hydroxylation is 1. The van der Waals surface area contributed by atoms with Crippen molar-refractivity contribution in [1.29, 1.82) is 0 Å². The van der Waals surface area contributed by atoms with Crippen LogP contribution in [-0.2, 0) is 11.2 Å². The highest BCUT2D eigenvalue weighted by Gasteiger charge is 2.29. The highest BCUT2D eigenvalue weighted by atomic mass is 16.4. The second kappa shape index (κ2) is 6.59. The fourth-order valence-electron chi connectivity index (χ4n) is 2.39. The second-order valence-corrected chi connectivity index (χ2v) is 5.08. The molecule has 112 valence electrons. The standard InChI is InChI=1S/C15H23NO4/c1-5-15(6-2,7-3)16-14(19)13-10(4)9-20-11(13)8-12(17)18/h9H,5-8H2,1-4H3,(H,16,19)(H,17,18). The first-order chi connectivity index (χ1) is 9.39. The fourth-order valence-corrected chi connectivity index (χ4v) is 2.39. The van der Waals surface area contributed by atoms with Crippen LogP contribution in [0, 0.1) is 6.92 Å². The minimum absolute atomic E-state index is 0.213. The maximum Gasteiger partial charge on any atom is 0.311 e. The van der Waals surface area contributed by atoms with E-state index >= 15 is 0 Å². The lowest BCUT2D eigenvalue weighted by molar-refractivity contribution is -0.136. The summed E-state index contributed by atoms with van der Waals surface area (Å²) < 4.78 is 5.20. The predicted octanol–water partition coefficient (Wildman–Crippen LogP) is 2.91. The molecular weight excluding hydrogens is 258 g/mol. The number of nitrogens with one attached hydrogen (secondary N) is 1. The minimum Gasteiger partial charge on any atom is -0.481 e. The molecule has 2 N–H and O–H groups in total. The van der Waals surface area contributed by atoms with Crippen molar-refractivity contribution in [3.63, 3.8) is 0 Å². The Hall–Kier alpha value is -1.78. The van der Waals surface area contributed by atoms with E-state index in [-0.39, 0.29) is 23.6 Å². The van der Waals surface area contributed by atoms with Crippen LogP contribution in [0.1, 0.15) is 61.7 Å². The van der Waals surface area contributed by atoms with Gasteiger partial charge in [0.1, 0.15) is 12.2 Å². The number of amides is 1. The first kappa shape index (κ1) is 16.3. The Morgan fingerprint density at radius 2 is 1.80 bits per heavy atom. The molecule has 0 unspecified atom stereocenters. The van der Waals surface area contributed by atoms with Crippen LogP contribution in [0.15, 0.2) is 10.7 Å². The lowest BCUT2D eigenvalue weighted by Crippen LogP contribution is -2.47. The molecule has 0 spiro atoms. The zero-order chi connectivity index (χ0) is 15.3. The Balaban J connectivity index is 3.03. The van der Waals surface area contributed by atoms with E-state index in [4.69, 9.17) is 9.52 Å². The summed E-state index contributed by atoms with van der Waals surface area (Å²) in [7, 11) is 0. The van der Waals surface area contributed by atoms with E-state index in [0.717, 1.165) is 19.3 Å². The predicted molar refractivity (Wildman–Crippen MR) is 75.9 cm³/mol. The van der Waals surface area contributed by atoms with Gasteiger partial charge in [0.25, 0.3) is 5.91 Å². The molecule has 1 heterocycles. The summed E-state index contributed by atoms with van der Waals surface area (Å²) in [5, 5.41) is 11.9. The maximum atomic E-state index is 12.5. The van der Waals surface area contributed by atoms with Gasteiger partial charge < -0.3 is 14.8 Å². The number of hydrogen-bond acceptors (Lipinski definition) is 3. The zero-order valence-corrected chi connectivity index (χ0v) is 12.6. The quantitative estimate of drug-likeness (QED) is 0.805. The number of hydrogen-bond donors (Lipinski definition) is 2. The van der Waals surface area contributed by atoms with Gasteiger partial charge in [-0.05, 0) is 26.2 Å². The molecular formula is C15H23NO4. The van der Waals surface area contributed by atoms with E-state index < -0.39 is 5.97 Å². The van der Waals surface area contributed by atoms with Crippen molar-refractivity contribution in [3.8, 4) is 0 Å². The first-order valence-electron chi connectivity index (χ1n) is 7.00. The molecule has 1 aromatic heterocycles. The average molecular weight is 281 g/mol. The maximum absolute atomic E-state index is 12.5. The van der Waals surface area contributed by atoms with Gasteiger partial charge in [-0.2, -0.15) is 0 Å². The second-order valence-electron chi connectivity index (χ2n) is 5.08. The molecule has 1 amide bonds. The summed E-state index contributed by atoms with van der Waals surface area (Å²) in [5.41, 5.74) is 0.768. The van der Waals surface area contributed by atoms with Gasteiger partial charge in [-0.25, -0.2) is 0 Å². The highest BCUT2D eigenvalue weighted by molar-refractivity contribution is 5.97. The summed E-state index contributed by atoms with van der Waals surface area (Å²) in [6.07, 6.45) is 3.64. The Bertz CT molecular complexity index is 478. The largest absolute Gasteiger partial charge is 0.481 e. The van der Waals surface area contributed by atoms with Gasteiger partial charge in [0.05, 0.1) is 11.8 Å². The summed E-state index contributed by atoms with van der Waals surface area (Å²) in [6.45, 7) is 7.85. The van der Waals surface area contributed by atoms with E-state index in [0.29, 0.717) is 11.1 Å². The zero-order valence-electron chi connectivity index (χ0n) is 12.6. The molecule has 0 aliphatic rings. The van der Waals surface area contributed by atoms with E-state index in [2.05, 4.69) is 5.32 Å². The van der Waals surface area contributed by atoms with Crippen molar-refractivity contribution in [2.75, 3.05) is 0 Å². The summed E-state index contributed by atoms with van der Waals surface area (Å²) in [6, 6.07) is 0. The van der Waals surface area contributed by atoms with Crippen LogP contribution in [0.2, 0.25) is 0 Å². The number of carbonyl (C=O) groups excluding carboxylic acids is 1. The molecule has 5 heteroatoms. The van der Waals surface area contributed by atoms with Crippen molar-refractivity contribution in [2.24, 2.45) is 0 Å². The first-order valence-corrected chi connectivity index (χ1v) is 7.00. The highest BCUT2D eigenvalue weighted by Crippen LogP contribution is 2.23. The number of carbonyl (C=O) groups is 2. The van der Waals surface area contributed by atoms with Gasteiger partial charge in [0.2, 0.25) is 0 Å². The third-order valence-electron chi connectivity index (χ3n) is 4.00. The van der Waals surface area contributed by atoms with Gasteiger partial charge in [-0.15, -0.1) is 0 Å². The molecule has 0 saturated carbocycles. The number of aliphatic carboxylic acids is 1. The molecule has 0 aliphatic heterocycles. The summed E-state index contributed by atoms with van der Waals surface area (Å²) >= 11 is 0. The van der Waals surface area contributed by atoms with E-state index in [1.165, 1.54) is 6.26 Å². The topological polar surface area (TPSA) is 79.5 Å². The van der Waals surface area contributed by atoms with E-state index in [1.54, 1.807) is 6.92 Å². The lowest BCUT2D eigenvalue weighted by atomic mass is 9.89. The SMILES string of the molecule is CCC(CC)(CC)NC(=O)c1c(C)coc1CC(=O)O. The average Bonchev–Trinajstić information content (AvgIpc) is 2.76. The van der Waals surface area contributed by atoms with Crippen molar-refractivity contribution in [2.45, 2.75) is 58.9 Å². The Morgan fingerprint density at radius 3 is 2.25 bits per heavy atom. The van der Waals surface area contributed by atoms with Crippen LogP contribution in [-0.4, -0.2) is 22.5 Å². The van der Waals surface area contributed by atoms with Crippen LogP contribution >= 0.6 is 0 Å².